The molecule has 1 aromatic carbocycles. The molecule has 1 fully saturated rings. The molecule has 1 atom stereocenters. The van der Waals surface area contributed by atoms with Crippen molar-refractivity contribution >= 4 is 27.0 Å². The van der Waals surface area contributed by atoms with Gasteiger partial charge in [0.05, 0.1) is 23.7 Å². The number of aromatic amines is 1. The van der Waals surface area contributed by atoms with E-state index < -0.39 is 0 Å². The van der Waals surface area contributed by atoms with Gasteiger partial charge in [-0.2, -0.15) is 0 Å². The maximum atomic E-state index is 12.0. The summed E-state index contributed by atoms with van der Waals surface area (Å²) in [5.41, 5.74) is 1.75. The minimum Gasteiger partial charge on any atom is -0.376 e. The Labute approximate surface area is 113 Å². The van der Waals surface area contributed by atoms with E-state index in [1.807, 2.05) is 18.2 Å². The van der Waals surface area contributed by atoms with Crippen molar-refractivity contribution in [3.05, 3.63) is 33.2 Å². The van der Waals surface area contributed by atoms with Crippen LogP contribution in [-0.4, -0.2) is 22.3 Å². The number of aromatic nitrogens is 2. The lowest BCUT2D eigenvalue weighted by Crippen LogP contribution is -2.29. The highest BCUT2D eigenvalue weighted by Gasteiger charge is 2.17. The van der Waals surface area contributed by atoms with E-state index in [1.54, 1.807) is 4.57 Å². The van der Waals surface area contributed by atoms with E-state index in [2.05, 4.69) is 20.9 Å². The summed E-state index contributed by atoms with van der Waals surface area (Å²) in [5, 5.41) is 0. The van der Waals surface area contributed by atoms with Crippen LogP contribution in [0.4, 0.5) is 0 Å². The van der Waals surface area contributed by atoms with Gasteiger partial charge in [-0.3, -0.25) is 4.57 Å². The van der Waals surface area contributed by atoms with Gasteiger partial charge in [-0.05, 0) is 37.5 Å². The molecule has 4 nitrogen and oxygen atoms in total. The van der Waals surface area contributed by atoms with E-state index in [1.165, 1.54) is 6.42 Å². The fraction of sp³-hybridized carbons (Fsp3) is 0.462. The van der Waals surface area contributed by atoms with Crippen molar-refractivity contribution in [3.63, 3.8) is 0 Å². The van der Waals surface area contributed by atoms with Crippen molar-refractivity contribution in [2.24, 2.45) is 0 Å². The first kappa shape index (κ1) is 12.0. The van der Waals surface area contributed by atoms with Crippen LogP contribution in [0.5, 0.6) is 0 Å². The Balaban J connectivity index is 1.95. The van der Waals surface area contributed by atoms with Gasteiger partial charge in [-0.15, -0.1) is 0 Å². The van der Waals surface area contributed by atoms with Crippen molar-refractivity contribution in [3.8, 4) is 0 Å². The summed E-state index contributed by atoms with van der Waals surface area (Å²) in [6, 6.07) is 5.84. The molecule has 18 heavy (non-hydrogen) atoms. The zero-order valence-corrected chi connectivity index (χ0v) is 11.6. The zero-order valence-electron chi connectivity index (χ0n) is 9.99. The molecule has 2 heterocycles. The van der Waals surface area contributed by atoms with Gasteiger partial charge in [0.15, 0.2) is 0 Å². The smallest absolute Gasteiger partial charge is 0.326 e. The van der Waals surface area contributed by atoms with E-state index in [4.69, 9.17) is 4.74 Å². The van der Waals surface area contributed by atoms with Crippen LogP contribution in [0.15, 0.2) is 27.5 Å². The lowest BCUT2D eigenvalue weighted by Gasteiger charge is -2.22. The lowest BCUT2D eigenvalue weighted by atomic mass is 10.1. The summed E-state index contributed by atoms with van der Waals surface area (Å²) >= 11 is 3.41. The number of nitrogens with one attached hydrogen (secondary N) is 1. The van der Waals surface area contributed by atoms with Gasteiger partial charge in [-0.1, -0.05) is 15.9 Å². The number of fused-ring (bicyclic) bond motifs is 1. The molecule has 1 aliphatic rings. The molecule has 1 saturated heterocycles. The van der Waals surface area contributed by atoms with Gasteiger partial charge in [-0.25, -0.2) is 4.79 Å². The Hall–Kier alpha value is -1.07. The summed E-state index contributed by atoms with van der Waals surface area (Å²) in [5.74, 6) is 0. The second kappa shape index (κ2) is 4.90. The Bertz CT molecular complexity index is 611. The van der Waals surface area contributed by atoms with Gasteiger partial charge in [0.2, 0.25) is 0 Å². The highest BCUT2D eigenvalue weighted by Crippen LogP contribution is 2.19. The third kappa shape index (κ3) is 2.24. The molecule has 0 aliphatic carbocycles. The summed E-state index contributed by atoms with van der Waals surface area (Å²) in [4.78, 5) is 14.8. The van der Waals surface area contributed by atoms with E-state index in [9.17, 15) is 4.79 Å². The number of ether oxygens (including phenoxy) is 1. The molecule has 0 radical (unpaired) electrons. The fourth-order valence-corrected chi connectivity index (χ4v) is 2.83. The second-order valence-electron chi connectivity index (χ2n) is 4.69. The summed E-state index contributed by atoms with van der Waals surface area (Å²) in [6.45, 7) is 1.45. The number of nitrogens with zero attached hydrogens (tertiary/aromatic N) is 1. The lowest BCUT2D eigenvalue weighted by molar-refractivity contribution is 0.00613. The van der Waals surface area contributed by atoms with Crippen molar-refractivity contribution in [1.29, 1.82) is 0 Å². The second-order valence-corrected chi connectivity index (χ2v) is 5.61. The van der Waals surface area contributed by atoms with E-state index >= 15 is 0 Å². The quantitative estimate of drug-likeness (QED) is 0.927. The first-order chi connectivity index (χ1) is 8.74. The molecule has 5 heteroatoms. The number of benzene rings is 1. The largest absolute Gasteiger partial charge is 0.376 e. The van der Waals surface area contributed by atoms with Crippen LogP contribution < -0.4 is 5.69 Å². The van der Waals surface area contributed by atoms with Gasteiger partial charge < -0.3 is 9.72 Å². The molecule has 2 aromatic rings. The molecule has 96 valence electrons. The van der Waals surface area contributed by atoms with Crippen LogP contribution in [0.3, 0.4) is 0 Å². The van der Waals surface area contributed by atoms with Crippen LogP contribution in [0.1, 0.15) is 19.3 Å². The van der Waals surface area contributed by atoms with Crippen molar-refractivity contribution in [2.45, 2.75) is 31.9 Å². The fourth-order valence-electron chi connectivity index (χ4n) is 2.47. The maximum absolute atomic E-state index is 12.0. The Kier molecular flexibility index (Phi) is 3.26. The van der Waals surface area contributed by atoms with Crippen molar-refractivity contribution in [2.75, 3.05) is 6.61 Å². The molecule has 0 amide bonds. The van der Waals surface area contributed by atoms with E-state index in [-0.39, 0.29) is 11.8 Å². The highest BCUT2D eigenvalue weighted by atomic mass is 79.9. The number of imidazole rings is 1. The highest BCUT2D eigenvalue weighted by molar-refractivity contribution is 9.10. The molecular formula is C13H15BrN2O2. The molecule has 1 N–H and O–H groups in total. The third-order valence-corrected chi connectivity index (χ3v) is 3.89. The normalized spacial score (nSPS) is 20.4. The minimum absolute atomic E-state index is 0.0581. The SMILES string of the molecule is O=c1[nH]c2cc(Br)ccc2n1CC1CCCCO1. The topological polar surface area (TPSA) is 47.0 Å². The van der Waals surface area contributed by atoms with Crippen LogP contribution in [0.25, 0.3) is 11.0 Å². The molecule has 0 bridgehead atoms. The Morgan fingerprint density at radius 2 is 2.33 bits per heavy atom. The monoisotopic (exact) mass is 310 g/mol. The molecular weight excluding hydrogens is 296 g/mol. The van der Waals surface area contributed by atoms with Crippen molar-refractivity contribution < 1.29 is 4.74 Å². The van der Waals surface area contributed by atoms with Gasteiger partial charge in [0.1, 0.15) is 0 Å². The molecule has 1 aliphatic heterocycles. The van der Waals surface area contributed by atoms with Crippen LogP contribution in [0, 0.1) is 0 Å². The predicted molar refractivity (Wildman–Crippen MR) is 73.8 cm³/mol. The summed E-state index contributed by atoms with van der Waals surface area (Å²) < 4.78 is 8.44. The third-order valence-electron chi connectivity index (χ3n) is 3.40. The van der Waals surface area contributed by atoms with Crippen LogP contribution >= 0.6 is 15.9 Å². The predicted octanol–water partition coefficient (Wildman–Crippen LogP) is 2.66. The van der Waals surface area contributed by atoms with Crippen molar-refractivity contribution in [1.82, 2.24) is 9.55 Å². The first-order valence-corrected chi connectivity index (χ1v) is 7.03. The number of hydrogen-bond acceptors (Lipinski definition) is 2. The van der Waals surface area contributed by atoms with Gasteiger partial charge in [0, 0.05) is 11.1 Å². The minimum atomic E-state index is -0.0581. The number of hydrogen-bond donors (Lipinski definition) is 1. The number of rotatable bonds is 2. The zero-order chi connectivity index (χ0) is 12.5. The van der Waals surface area contributed by atoms with E-state index in [0.717, 1.165) is 35.0 Å². The molecule has 3 rings (SSSR count). The average Bonchev–Trinajstić information content (AvgIpc) is 2.66. The van der Waals surface area contributed by atoms with Gasteiger partial charge in [0.25, 0.3) is 0 Å². The Morgan fingerprint density at radius 3 is 3.11 bits per heavy atom. The molecule has 0 spiro atoms. The molecule has 1 aromatic heterocycles. The van der Waals surface area contributed by atoms with Gasteiger partial charge >= 0.3 is 5.69 Å². The standard InChI is InChI=1S/C13H15BrN2O2/c14-9-4-5-12-11(7-9)15-13(17)16(12)8-10-3-1-2-6-18-10/h4-5,7,10H,1-3,6,8H2,(H,15,17). The van der Waals surface area contributed by atoms with Crippen LogP contribution in [-0.2, 0) is 11.3 Å². The summed E-state index contributed by atoms with van der Waals surface area (Å²) in [6.07, 6.45) is 3.52. The maximum Gasteiger partial charge on any atom is 0.326 e. The first-order valence-electron chi connectivity index (χ1n) is 6.24. The summed E-state index contributed by atoms with van der Waals surface area (Å²) in [7, 11) is 0. The number of halogens is 1. The van der Waals surface area contributed by atoms with Crippen LogP contribution in [0.2, 0.25) is 0 Å². The Morgan fingerprint density at radius 1 is 1.44 bits per heavy atom. The van der Waals surface area contributed by atoms with E-state index in [0.29, 0.717) is 6.54 Å². The molecule has 0 saturated carbocycles. The average molecular weight is 311 g/mol. The molecule has 1 unspecified atom stereocenters. The number of H-pyrrole nitrogens is 1.